The Morgan fingerprint density at radius 3 is 2.61 bits per heavy atom. The Bertz CT molecular complexity index is 1250. The molecule has 1 aliphatic rings. The molecule has 2 aromatic heterocycles. The molecule has 0 spiro atoms. The predicted octanol–water partition coefficient (Wildman–Crippen LogP) is 4.40. The molecule has 0 unspecified atom stereocenters. The van der Waals surface area contributed by atoms with Crippen LogP contribution >= 0.6 is 0 Å². The number of rotatable bonds is 9. The van der Waals surface area contributed by atoms with Crippen molar-refractivity contribution in [2.24, 2.45) is 0 Å². The molecule has 7 nitrogen and oxygen atoms in total. The Balaban J connectivity index is 1.50. The van der Waals surface area contributed by atoms with Crippen molar-refractivity contribution in [3.63, 3.8) is 0 Å². The average molecular weight is 442 g/mol. The molecule has 0 radical (unpaired) electrons. The Kier molecular flexibility index (Phi) is 6.04. The number of anilines is 1. The van der Waals surface area contributed by atoms with Crippen molar-refractivity contribution in [1.82, 2.24) is 19.7 Å². The molecule has 1 fully saturated rings. The van der Waals surface area contributed by atoms with Crippen molar-refractivity contribution in [2.45, 2.75) is 25.3 Å². The maximum atomic E-state index is 12.3. The Morgan fingerprint density at radius 2 is 1.88 bits per heavy atom. The number of amides is 1. The Hall–Kier alpha value is -3.71. The number of ether oxygens (including phenoxy) is 1. The molecule has 1 amide bonds. The summed E-state index contributed by atoms with van der Waals surface area (Å²) in [4.78, 5) is 21.9. The second-order valence-corrected chi connectivity index (χ2v) is 8.28. The summed E-state index contributed by atoms with van der Waals surface area (Å²) in [5, 5.41) is 6.45. The number of hydrogen-bond acceptors (Lipinski definition) is 5. The average Bonchev–Trinajstić information content (AvgIpc) is 3.57. The fourth-order valence-electron chi connectivity index (χ4n) is 3.78. The normalized spacial score (nSPS) is 13.2. The third-order valence-electron chi connectivity index (χ3n) is 5.73. The second-order valence-electron chi connectivity index (χ2n) is 8.28. The summed E-state index contributed by atoms with van der Waals surface area (Å²) in [5.41, 5.74) is 5.26. The van der Waals surface area contributed by atoms with Gasteiger partial charge >= 0.3 is 0 Å². The van der Waals surface area contributed by atoms with E-state index in [0.717, 1.165) is 59.8 Å². The van der Waals surface area contributed by atoms with Crippen LogP contribution < -0.4 is 10.6 Å². The SMILES string of the molecule is COCCCNc1nc(-c2ccccc2)cn2c(-c3ccc(C(=O)NC4CC4)cc3)cnc12. The molecule has 7 heteroatoms. The van der Waals surface area contributed by atoms with Crippen LogP contribution in [0.5, 0.6) is 0 Å². The van der Waals surface area contributed by atoms with E-state index in [-0.39, 0.29) is 5.91 Å². The third kappa shape index (κ3) is 4.73. The van der Waals surface area contributed by atoms with E-state index in [1.165, 1.54) is 0 Å². The molecule has 33 heavy (non-hydrogen) atoms. The van der Waals surface area contributed by atoms with E-state index in [2.05, 4.69) is 20.0 Å². The Morgan fingerprint density at radius 1 is 1.09 bits per heavy atom. The van der Waals surface area contributed by atoms with Crippen LogP contribution in [0.3, 0.4) is 0 Å². The standard InChI is InChI=1S/C26H27N5O2/c1-33-15-5-14-27-24-25-28-16-23(31(25)17-22(30-24)18-6-3-2-4-7-18)19-8-10-20(11-9-19)26(32)29-21-12-13-21/h2-4,6-11,16-17,21H,5,12-15H2,1H3,(H,27,30)(H,29,32). The van der Waals surface area contributed by atoms with Gasteiger partial charge in [0, 0.05) is 49.2 Å². The van der Waals surface area contributed by atoms with Gasteiger partial charge in [-0.1, -0.05) is 42.5 Å². The molecule has 0 saturated heterocycles. The first-order chi connectivity index (χ1) is 16.2. The van der Waals surface area contributed by atoms with Gasteiger partial charge in [-0.25, -0.2) is 9.97 Å². The van der Waals surface area contributed by atoms with Crippen molar-refractivity contribution in [2.75, 3.05) is 25.6 Å². The minimum atomic E-state index is -0.0136. The molecule has 0 atom stereocenters. The lowest BCUT2D eigenvalue weighted by molar-refractivity contribution is 0.0951. The van der Waals surface area contributed by atoms with Gasteiger partial charge in [-0.05, 0) is 31.4 Å². The van der Waals surface area contributed by atoms with Gasteiger partial charge < -0.3 is 15.4 Å². The number of nitrogens with one attached hydrogen (secondary N) is 2. The summed E-state index contributed by atoms with van der Waals surface area (Å²) in [7, 11) is 1.70. The summed E-state index contributed by atoms with van der Waals surface area (Å²) >= 11 is 0. The van der Waals surface area contributed by atoms with Gasteiger partial charge in [-0.3, -0.25) is 9.20 Å². The van der Waals surface area contributed by atoms with Crippen LogP contribution in [0.1, 0.15) is 29.6 Å². The lowest BCUT2D eigenvalue weighted by Gasteiger charge is -2.11. The van der Waals surface area contributed by atoms with Crippen molar-refractivity contribution >= 4 is 17.4 Å². The molecule has 1 saturated carbocycles. The minimum absolute atomic E-state index is 0.0136. The first-order valence-electron chi connectivity index (χ1n) is 11.3. The number of imidazole rings is 1. The van der Waals surface area contributed by atoms with E-state index in [9.17, 15) is 4.79 Å². The first-order valence-corrected chi connectivity index (χ1v) is 11.3. The van der Waals surface area contributed by atoms with Crippen LogP contribution in [0.15, 0.2) is 67.0 Å². The molecular formula is C26H27N5O2. The van der Waals surface area contributed by atoms with Gasteiger partial charge in [-0.15, -0.1) is 0 Å². The first kappa shape index (κ1) is 21.2. The zero-order valence-corrected chi connectivity index (χ0v) is 18.6. The topological polar surface area (TPSA) is 80.5 Å². The monoisotopic (exact) mass is 441 g/mol. The maximum Gasteiger partial charge on any atom is 0.251 e. The van der Waals surface area contributed by atoms with E-state index in [1.54, 1.807) is 7.11 Å². The molecule has 2 aromatic carbocycles. The smallest absolute Gasteiger partial charge is 0.251 e. The van der Waals surface area contributed by atoms with Crippen LogP contribution in [0.2, 0.25) is 0 Å². The van der Waals surface area contributed by atoms with Gasteiger partial charge in [0.05, 0.1) is 17.6 Å². The van der Waals surface area contributed by atoms with E-state index >= 15 is 0 Å². The highest BCUT2D eigenvalue weighted by Gasteiger charge is 2.23. The summed E-state index contributed by atoms with van der Waals surface area (Å²) < 4.78 is 7.23. The molecule has 1 aliphatic carbocycles. The Labute approximate surface area is 192 Å². The lowest BCUT2D eigenvalue weighted by Crippen LogP contribution is -2.25. The number of aromatic nitrogens is 3. The lowest BCUT2D eigenvalue weighted by atomic mass is 10.1. The highest BCUT2D eigenvalue weighted by molar-refractivity contribution is 5.95. The van der Waals surface area contributed by atoms with Gasteiger partial charge in [0.2, 0.25) is 0 Å². The molecule has 5 rings (SSSR count). The predicted molar refractivity (Wildman–Crippen MR) is 129 cm³/mol. The van der Waals surface area contributed by atoms with Gasteiger partial charge in [0.25, 0.3) is 5.91 Å². The number of fused-ring (bicyclic) bond motifs is 1. The van der Waals surface area contributed by atoms with E-state index < -0.39 is 0 Å². The molecule has 0 aliphatic heterocycles. The zero-order valence-electron chi connectivity index (χ0n) is 18.6. The van der Waals surface area contributed by atoms with Gasteiger partial charge in [0.15, 0.2) is 11.5 Å². The molecular weight excluding hydrogens is 414 g/mol. The minimum Gasteiger partial charge on any atom is -0.385 e. The highest BCUT2D eigenvalue weighted by Crippen LogP contribution is 2.28. The van der Waals surface area contributed by atoms with E-state index in [0.29, 0.717) is 18.2 Å². The molecule has 0 bridgehead atoms. The van der Waals surface area contributed by atoms with Gasteiger partial charge in [-0.2, -0.15) is 0 Å². The van der Waals surface area contributed by atoms with Crippen LogP contribution in [0, 0.1) is 0 Å². The molecule has 168 valence electrons. The van der Waals surface area contributed by atoms with Crippen molar-refractivity contribution in [3.8, 4) is 22.5 Å². The van der Waals surface area contributed by atoms with Crippen LogP contribution in [0.25, 0.3) is 28.2 Å². The second kappa shape index (κ2) is 9.42. The molecule has 2 heterocycles. The van der Waals surface area contributed by atoms with Crippen molar-refractivity contribution in [3.05, 3.63) is 72.6 Å². The fourth-order valence-corrected chi connectivity index (χ4v) is 3.78. The summed E-state index contributed by atoms with van der Waals surface area (Å²) in [6.07, 6.45) is 6.89. The third-order valence-corrected chi connectivity index (χ3v) is 5.73. The largest absolute Gasteiger partial charge is 0.385 e. The summed E-state index contributed by atoms with van der Waals surface area (Å²) in [6, 6.07) is 18.1. The van der Waals surface area contributed by atoms with E-state index in [1.807, 2.05) is 67.0 Å². The fraction of sp³-hybridized carbons (Fsp3) is 0.269. The maximum absolute atomic E-state index is 12.3. The van der Waals surface area contributed by atoms with Crippen molar-refractivity contribution < 1.29 is 9.53 Å². The number of carbonyl (C=O) groups is 1. The summed E-state index contributed by atoms with van der Waals surface area (Å²) in [5.74, 6) is 0.722. The molecule has 4 aromatic rings. The number of methoxy groups -OCH3 is 1. The van der Waals surface area contributed by atoms with Crippen LogP contribution in [-0.4, -0.2) is 46.6 Å². The van der Waals surface area contributed by atoms with Crippen LogP contribution in [-0.2, 0) is 4.74 Å². The van der Waals surface area contributed by atoms with Crippen molar-refractivity contribution in [1.29, 1.82) is 0 Å². The zero-order chi connectivity index (χ0) is 22.6. The number of benzene rings is 2. The van der Waals surface area contributed by atoms with Gasteiger partial charge in [0.1, 0.15) is 0 Å². The quantitative estimate of drug-likeness (QED) is 0.376. The molecule has 2 N–H and O–H groups in total. The van der Waals surface area contributed by atoms with Crippen LogP contribution in [0.4, 0.5) is 5.82 Å². The highest BCUT2D eigenvalue weighted by atomic mass is 16.5. The number of carbonyl (C=O) groups excluding carboxylic acids is 1. The van der Waals surface area contributed by atoms with E-state index in [4.69, 9.17) is 9.72 Å². The number of nitrogens with zero attached hydrogens (tertiary/aromatic N) is 3. The number of hydrogen-bond donors (Lipinski definition) is 2. The summed E-state index contributed by atoms with van der Waals surface area (Å²) in [6.45, 7) is 1.42.